The monoisotopic (exact) mass is 183 g/mol. The van der Waals surface area contributed by atoms with Crippen LogP contribution in [0.2, 0.25) is 0 Å². The number of ether oxygens (including phenoxy) is 1. The van der Waals surface area contributed by atoms with E-state index >= 15 is 0 Å². The van der Waals surface area contributed by atoms with Crippen LogP contribution in [-0.4, -0.2) is 36.7 Å². The van der Waals surface area contributed by atoms with Gasteiger partial charge in [-0.3, -0.25) is 4.90 Å². The van der Waals surface area contributed by atoms with E-state index in [1.807, 2.05) is 0 Å². The van der Waals surface area contributed by atoms with Crippen LogP contribution in [0.4, 0.5) is 0 Å². The standard InChI is InChI=1S/C11H21NO/c1-10(2,3)11-5-4-6-12(11)7-8-13-9-11/h4-9H2,1-3H3. The fourth-order valence-electron chi connectivity index (χ4n) is 2.91. The van der Waals surface area contributed by atoms with Crippen LogP contribution < -0.4 is 0 Å². The van der Waals surface area contributed by atoms with Crippen molar-refractivity contribution in [1.29, 1.82) is 0 Å². The predicted molar refractivity (Wildman–Crippen MR) is 53.8 cm³/mol. The van der Waals surface area contributed by atoms with Crippen molar-refractivity contribution in [2.45, 2.75) is 39.2 Å². The molecular weight excluding hydrogens is 162 g/mol. The van der Waals surface area contributed by atoms with Gasteiger partial charge >= 0.3 is 0 Å². The van der Waals surface area contributed by atoms with Crippen LogP contribution in [0, 0.1) is 5.41 Å². The fraction of sp³-hybridized carbons (Fsp3) is 1.00. The summed E-state index contributed by atoms with van der Waals surface area (Å²) in [6.07, 6.45) is 2.66. The van der Waals surface area contributed by atoms with Crippen molar-refractivity contribution in [2.24, 2.45) is 5.41 Å². The molecule has 1 unspecified atom stereocenters. The molecule has 76 valence electrons. The summed E-state index contributed by atoms with van der Waals surface area (Å²) >= 11 is 0. The van der Waals surface area contributed by atoms with Crippen LogP contribution >= 0.6 is 0 Å². The van der Waals surface area contributed by atoms with E-state index in [1.165, 1.54) is 19.4 Å². The second-order valence-corrected chi connectivity index (χ2v) is 5.42. The van der Waals surface area contributed by atoms with Gasteiger partial charge in [0.15, 0.2) is 0 Å². The molecule has 2 heterocycles. The number of hydrogen-bond donors (Lipinski definition) is 0. The Morgan fingerprint density at radius 3 is 2.62 bits per heavy atom. The Kier molecular flexibility index (Phi) is 2.16. The highest BCUT2D eigenvalue weighted by Gasteiger charge is 2.50. The van der Waals surface area contributed by atoms with Gasteiger partial charge in [0.2, 0.25) is 0 Å². The summed E-state index contributed by atoms with van der Waals surface area (Å²) in [6, 6.07) is 0. The molecule has 2 saturated heterocycles. The molecular formula is C11H21NO. The Balaban J connectivity index is 2.26. The maximum atomic E-state index is 5.67. The number of rotatable bonds is 0. The van der Waals surface area contributed by atoms with Crippen LogP contribution in [0.1, 0.15) is 33.6 Å². The van der Waals surface area contributed by atoms with E-state index in [0.29, 0.717) is 11.0 Å². The molecule has 2 nitrogen and oxygen atoms in total. The normalized spacial score (nSPS) is 36.2. The topological polar surface area (TPSA) is 12.5 Å². The Hall–Kier alpha value is -0.0800. The lowest BCUT2D eigenvalue weighted by atomic mass is 9.72. The van der Waals surface area contributed by atoms with Crippen molar-refractivity contribution >= 4 is 0 Å². The maximum Gasteiger partial charge on any atom is 0.0656 e. The van der Waals surface area contributed by atoms with Crippen LogP contribution in [0.15, 0.2) is 0 Å². The number of fused-ring (bicyclic) bond motifs is 1. The zero-order valence-corrected chi connectivity index (χ0v) is 9.10. The third kappa shape index (κ3) is 1.31. The quantitative estimate of drug-likeness (QED) is 0.568. The second kappa shape index (κ2) is 2.96. The molecule has 0 N–H and O–H groups in total. The molecule has 2 heteroatoms. The average molecular weight is 183 g/mol. The van der Waals surface area contributed by atoms with E-state index in [9.17, 15) is 0 Å². The van der Waals surface area contributed by atoms with Gasteiger partial charge in [0.05, 0.1) is 13.2 Å². The van der Waals surface area contributed by atoms with Crippen molar-refractivity contribution in [1.82, 2.24) is 4.90 Å². The third-order valence-electron chi connectivity index (χ3n) is 3.87. The summed E-state index contributed by atoms with van der Waals surface area (Å²) in [7, 11) is 0. The molecule has 0 amide bonds. The minimum absolute atomic E-state index is 0.339. The fourth-order valence-corrected chi connectivity index (χ4v) is 2.91. The van der Waals surface area contributed by atoms with Gasteiger partial charge in [0.1, 0.15) is 0 Å². The Morgan fingerprint density at radius 1 is 1.23 bits per heavy atom. The van der Waals surface area contributed by atoms with Gasteiger partial charge in [0, 0.05) is 12.1 Å². The lowest BCUT2D eigenvalue weighted by molar-refractivity contribution is -0.0977. The molecule has 0 radical (unpaired) electrons. The highest BCUT2D eigenvalue weighted by atomic mass is 16.5. The summed E-state index contributed by atoms with van der Waals surface area (Å²) < 4.78 is 5.67. The van der Waals surface area contributed by atoms with Crippen molar-refractivity contribution in [3.05, 3.63) is 0 Å². The maximum absolute atomic E-state index is 5.67. The first-order chi connectivity index (χ1) is 6.06. The lowest BCUT2D eigenvalue weighted by Crippen LogP contribution is -2.60. The zero-order chi connectivity index (χ0) is 9.53. The lowest BCUT2D eigenvalue weighted by Gasteiger charge is -2.50. The Morgan fingerprint density at radius 2 is 2.00 bits per heavy atom. The number of hydrogen-bond acceptors (Lipinski definition) is 2. The molecule has 1 atom stereocenters. The van der Waals surface area contributed by atoms with Crippen molar-refractivity contribution in [2.75, 3.05) is 26.3 Å². The van der Waals surface area contributed by atoms with Gasteiger partial charge in [-0.2, -0.15) is 0 Å². The van der Waals surface area contributed by atoms with Gasteiger partial charge in [-0.15, -0.1) is 0 Å². The van der Waals surface area contributed by atoms with Gasteiger partial charge < -0.3 is 4.74 Å². The molecule has 0 saturated carbocycles. The third-order valence-corrected chi connectivity index (χ3v) is 3.87. The molecule has 0 aromatic rings. The molecule has 0 aromatic heterocycles. The van der Waals surface area contributed by atoms with Crippen LogP contribution in [0.5, 0.6) is 0 Å². The molecule has 2 aliphatic heterocycles. The molecule has 2 aliphatic rings. The van der Waals surface area contributed by atoms with E-state index in [4.69, 9.17) is 4.74 Å². The van der Waals surface area contributed by atoms with E-state index in [0.717, 1.165) is 19.8 Å². The van der Waals surface area contributed by atoms with Crippen LogP contribution in [0.25, 0.3) is 0 Å². The highest BCUT2D eigenvalue weighted by Crippen LogP contribution is 2.44. The molecule has 0 aromatic carbocycles. The summed E-state index contributed by atoms with van der Waals surface area (Å²) in [4.78, 5) is 2.65. The zero-order valence-electron chi connectivity index (χ0n) is 9.10. The van der Waals surface area contributed by atoms with E-state index in [1.54, 1.807) is 0 Å². The molecule has 2 fully saturated rings. The molecule has 2 rings (SSSR count). The molecule has 0 aliphatic carbocycles. The van der Waals surface area contributed by atoms with Gasteiger partial charge in [-0.25, -0.2) is 0 Å². The van der Waals surface area contributed by atoms with E-state index in [-0.39, 0.29) is 0 Å². The van der Waals surface area contributed by atoms with Gasteiger partial charge in [-0.1, -0.05) is 20.8 Å². The summed E-state index contributed by atoms with van der Waals surface area (Å²) in [6.45, 7) is 11.3. The van der Waals surface area contributed by atoms with Crippen molar-refractivity contribution in [3.8, 4) is 0 Å². The number of morpholine rings is 1. The van der Waals surface area contributed by atoms with Crippen LogP contribution in [-0.2, 0) is 4.74 Å². The summed E-state index contributed by atoms with van der Waals surface area (Å²) in [5.41, 5.74) is 0.690. The van der Waals surface area contributed by atoms with Crippen LogP contribution in [0.3, 0.4) is 0 Å². The first-order valence-corrected chi connectivity index (χ1v) is 5.39. The van der Waals surface area contributed by atoms with Gasteiger partial charge in [-0.05, 0) is 24.8 Å². The van der Waals surface area contributed by atoms with Gasteiger partial charge in [0.25, 0.3) is 0 Å². The highest BCUT2D eigenvalue weighted by molar-refractivity contribution is 5.05. The van der Waals surface area contributed by atoms with E-state index < -0.39 is 0 Å². The first-order valence-electron chi connectivity index (χ1n) is 5.39. The predicted octanol–water partition coefficient (Wildman–Crippen LogP) is 1.90. The average Bonchev–Trinajstić information content (AvgIpc) is 2.46. The van der Waals surface area contributed by atoms with Crippen molar-refractivity contribution < 1.29 is 4.74 Å². The summed E-state index contributed by atoms with van der Waals surface area (Å²) in [5, 5.41) is 0. The summed E-state index contributed by atoms with van der Waals surface area (Å²) in [5.74, 6) is 0. The SMILES string of the molecule is CC(C)(C)C12CCCN1CCOC2. The minimum atomic E-state index is 0.339. The molecule has 13 heavy (non-hydrogen) atoms. The first kappa shape index (κ1) is 9.47. The second-order valence-electron chi connectivity index (χ2n) is 5.42. The Labute approximate surface area is 81.3 Å². The molecule has 0 spiro atoms. The number of nitrogens with zero attached hydrogens (tertiary/aromatic N) is 1. The van der Waals surface area contributed by atoms with Crippen molar-refractivity contribution in [3.63, 3.8) is 0 Å². The largest absolute Gasteiger partial charge is 0.378 e. The minimum Gasteiger partial charge on any atom is -0.378 e. The van der Waals surface area contributed by atoms with E-state index in [2.05, 4.69) is 25.7 Å². The smallest absolute Gasteiger partial charge is 0.0656 e. The Bertz CT molecular complexity index is 197. The molecule has 0 bridgehead atoms.